The molecule has 5 heteroatoms. The van der Waals surface area contributed by atoms with Gasteiger partial charge in [0.1, 0.15) is 11.6 Å². The van der Waals surface area contributed by atoms with E-state index in [4.69, 9.17) is 16.3 Å². The van der Waals surface area contributed by atoms with Gasteiger partial charge >= 0.3 is 0 Å². The predicted octanol–water partition coefficient (Wildman–Crippen LogP) is 4.95. The van der Waals surface area contributed by atoms with Crippen molar-refractivity contribution in [1.82, 2.24) is 5.32 Å². The maximum Gasteiger partial charge on any atom is 0.124 e. The Bertz CT molecular complexity index is 636. The summed E-state index contributed by atoms with van der Waals surface area (Å²) in [7, 11) is 1.57. The molecule has 0 bridgehead atoms. The fourth-order valence-electron chi connectivity index (χ4n) is 2.26. The normalized spacial score (nSPS) is 12.2. The predicted molar refractivity (Wildman–Crippen MR) is 87.6 cm³/mol. The van der Waals surface area contributed by atoms with E-state index in [1.165, 1.54) is 12.1 Å². The lowest BCUT2D eigenvalue weighted by Crippen LogP contribution is -2.23. The highest BCUT2D eigenvalue weighted by Crippen LogP contribution is 2.35. The molecule has 2 rings (SSSR count). The van der Waals surface area contributed by atoms with Crippen LogP contribution < -0.4 is 10.1 Å². The summed E-state index contributed by atoms with van der Waals surface area (Å²) in [6, 6.07) is 9.86. The number of nitrogens with one attached hydrogen (secondary N) is 1. The fraction of sp³-hybridized carbons (Fsp3) is 0.250. The summed E-state index contributed by atoms with van der Waals surface area (Å²) in [6.07, 6.45) is 0. The number of halogens is 3. The van der Waals surface area contributed by atoms with Crippen LogP contribution >= 0.6 is 27.5 Å². The molecule has 2 aromatic rings. The van der Waals surface area contributed by atoms with E-state index in [0.717, 1.165) is 15.6 Å². The molecule has 0 fully saturated rings. The lowest BCUT2D eigenvalue weighted by molar-refractivity contribution is 0.402. The maximum absolute atomic E-state index is 13.7. The number of methoxy groups -OCH3 is 1. The number of rotatable bonds is 5. The van der Waals surface area contributed by atoms with Crippen LogP contribution in [0.5, 0.6) is 5.75 Å². The van der Waals surface area contributed by atoms with Crippen LogP contribution in [-0.4, -0.2) is 13.7 Å². The van der Waals surface area contributed by atoms with Gasteiger partial charge in [-0.15, -0.1) is 0 Å². The van der Waals surface area contributed by atoms with Gasteiger partial charge in [0.2, 0.25) is 0 Å². The molecule has 1 atom stereocenters. The van der Waals surface area contributed by atoms with Gasteiger partial charge in [-0.2, -0.15) is 0 Å². The van der Waals surface area contributed by atoms with Crippen LogP contribution in [0.4, 0.5) is 4.39 Å². The Morgan fingerprint density at radius 1 is 1.24 bits per heavy atom. The second kappa shape index (κ2) is 7.25. The van der Waals surface area contributed by atoms with Crippen molar-refractivity contribution in [2.45, 2.75) is 13.0 Å². The van der Waals surface area contributed by atoms with Crippen molar-refractivity contribution >= 4 is 27.5 Å². The Morgan fingerprint density at radius 2 is 2.00 bits per heavy atom. The van der Waals surface area contributed by atoms with E-state index in [2.05, 4.69) is 21.2 Å². The van der Waals surface area contributed by atoms with E-state index in [1.54, 1.807) is 13.2 Å². The van der Waals surface area contributed by atoms with E-state index in [-0.39, 0.29) is 11.9 Å². The first-order valence-corrected chi connectivity index (χ1v) is 7.75. The first kappa shape index (κ1) is 16.3. The second-order valence-electron chi connectivity index (χ2n) is 4.54. The third kappa shape index (κ3) is 3.76. The quantitative estimate of drug-likeness (QED) is 0.802. The standard InChI is InChI=1S/C16H16BrClFNO/c1-3-20-16(12-8-10(17)4-6-14(12)18)13-9-11(19)5-7-15(13)21-2/h4-9,16,20H,3H2,1-2H3. The molecule has 1 N–H and O–H groups in total. The van der Waals surface area contributed by atoms with E-state index < -0.39 is 0 Å². The molecule has 0 aliphatic rings. The summed E-state index contributed by atoms with van der Waals surface area (Å²) in [5.74, 6) is 0.318. The smallest absolute Gasteiger partial charge is 0.124 e. The molecule has 0 heterocycles. The van der Waals surface area contributed by atoms with Crippen molar-refractivity contribution in [2.75, 3.05) is 13.7 Å². The highest BCUT2D eigenvalue weighted by atomic mass is 79.9. The van der Waals surface area contributed by atoms with Crippen molar-refractivity contribution in [1.29, 1.82) is 0 Å². The van der Waals surface area contributed by atoms with Gasteiger partial charge in [-0.05, 0) is 48.5 Å². The fourth-order valence-corrected chi connectivity index (χ4v) is 2.86. The first-order valence-electron chi connectivity index (χ1n) is 6.58. The molecule has 21 heavy (non-hydrogen) atoms. The van der Waals surface area contributed by atoms with Crippen LogP contribution in [0.25, 0.3) is 0 Å². The number of benzene rings is 2. The van der Waals surface area contributed by atoms with E-state index in [1.807, 2.05) is 25.1 Å². The van der Waals surface area contributed by atoms with Crippen LogP contribution in [0.15, 0.2) is 40.9 Å². The van der Waals surface area contributed by atoms with E-state index in [0.29, 0.717) is 17.3 Å². The first-order chi connectivity index (χ1) is 10.1. The molecular formula is C16H16BrClFNO. The van der Waals surface area contributed by atoms with Gasteiger partial charge in [0.05, 0.1) is 13.2 Å². The molecule has 0 saturated carbocycles. The topological polar surface area (TPSA) is 21.3 Å². The number of hydrogen-bond donors (Lipinski definition) is 1. The highest BCUT2D eigenvalue weighted by Gasteiger charge is 2.21. The number of hydrogen-bond acceptors (Lipinski definition) is 2. The van der Waals surface area contributed by atoms with Gasteiger partial charge in [0.15, 0.2) is 0 Å². The molecule has 1 unspecified atom stereocenters. The van der Waals surface area contributed by atoms with Crippen molar-refractivity contribution in [3.05, 3.63) is 62.8 Å². The monoisotopic (exact) mass is 371 g/mol. The van der Waals surface area contributed by atoms with Crippen LogP contribution in [0.1, 0.15) is 24.1 Å². The van der Waals surface area contributed by atoms with Crippen LogP contribution in [0, 0.1) is 5.82 Å². The molecule has 0 spiro atoms. The van der Waals surface area contributed by atoms with Gasteiger partial charge in [0.25, 0.3) is 0 Å². The van der Waals surface area contributed by atoms with Gasteiger partial charge in [0, 0.05) is 15.1 Å². The zero-order valence-electron chi connectivity index (χ0n) is 11.8. The molecule has 0 aliphatic heterocycles. The van der Waals surface area contributed by atoms with E-state index >= 15 is 0 Å². The Balaban J connectivity index is 2.58. The Labute approximate surface area is 137 Å². The lowest BCUT2D eigenvalue weighted by Gasteiger charge is -2.22. The Morgan fingerprint density at radius 3 is 2.67 bits per heavy atom. The molecule has 0 radical (unpaired) electrons. The largest absolute Gasteiger partial charge is 0.496 e. The van der Waals surface area contributed by atoms with Crippen molar-refractivity contribution < 1.29 is 9.13 Å². The van der Waals surface area contributed by atoms with Crippen molar-refractivity contribution in [2.24, 2.45) is 0 Å². The molecule has 0 aromatic heterocycles. The minimum absolute atomic E-state index is 0.245. The van der Waals surface area contributed by atoms with E-state index in [9.17, 15) is 4.39 Å². The van der Waals surface area contributed by atoms with Crippen molar-refractivity contribution in [3.8, 4) is 5.75 Å². The van der Waals surface area contributed by atoms with Crippen LogP contribution in [0.2, 0.25) is 5.02 Å². The molecule has 0 amide bonds. The maximum atomic E-state index is 13.7. The van der Waals surface area contributed by atoms with Gasteiger partial charge < -0.3 is 10.1 Å². The van der Waals surface area contributed by atoms with Gasteiger partial charge in [-0.25, -0.2) is 4.39 Å². The zero-order chi connectivity index (χ0) is 15.4. The molecule has 2 nitrogen and oxygen atoms in total. The summed E-state index contributed by atoms with van der Waals surface area (Å²) in [5.41, 5.74) is 1.59. The zero-order valence-corrected chi connectivity index (χ0v) is 14.1. The molecule has 0 saturated heterocycles. The molecule has 2 aromatic carbocycles. The lowest BCUT2D eigenvalue weighted by atomic mass is 9.97. The average molecular weight is 373 g/mol. The van der Waals surface area contributed by atoms with Gasteiger partial charge in [-0.3, -0.25) is 0 Å². The molecule has 112 valence electrons. The average Bonchev–Trinajstić information content (AvgIpc) is 2.47. The van der Waals surface area contributed by atoms with Crippen LogP contribution in [0.3, 0.4) is 0 Å². The summed E-state index contributed by atoms with van der Waals surface area (Å²) >= 11 is 9.76. The summed E-state index contributed by atoms with van der Waals surface area (Å²) in [6.45, 7) is 2.71. The van der Waals surface area contributed by atoms with Gasteiger partial charge in [-0.1, -0.05) is 34.5 Å². The summed E-state index contributed by atoms with van der Waals surface area (Å²) < 4.78 is 19.9. The van der Waals surface area contributed by atoms with Crippen molar-refractivity contribution in [3.63, 3.8) is 0 Å². The minimum atomic E-state index is -0.306. The van der Waals surface area contributed by atoms with Crippen LogP contribution in [-0.2, 0) is 0 Å². The number of ether oxygens (including phenoxy) is 1. The second-order valence-corrected chi connectivity index (χ2v) is 5.87. The highest BCUT2D eigenvalue weighted by molar-refractivity contribution is 9.10. The molecule has 0 aliphatic carbocycles. The third-order valence-electron chi connectivity index (χ3n) is 3.18. The summed E-state index contributed by atoms with van der Waals surface area (Å²) in [5, 5.41) is 3.95. The Hall–Kier alpha value is -1.10. The minimum Gasteiger partial charge on any atom is -0.496 e. The SMILES string of the molecule is CCNC(c1cc(Br)ccc1Cl)c1cc(F)ccc1OC. The molecular weight excluding hydrogens is 357 g/mol. The Kier molecular flexibility index (Phi) is 5.62. The summed E-state index contributed by atoms with van der Waals surface area (Å²) in [4.78, 5) is 0. The third-order valence-corrected chi connectivity index (χ3v) is 4.02.